The van der Waals surface area contributed by atoms with E-state index in [0.29, 0.717) is 13.0 Å². The van der Waals surface area contributed by atoms with Gasteiger partial charge < -0.3 is 14.9 Å². The van der Waals surface area contributed by atoms with Gasteiger partial charge in [-0.2, -0.15) is 0 Å². The van der Waals surface area contributed by atoms with Crippen molar-refractivity contribution in [2.45, 2.75) is 90.3 Å². The minimum atomic E-state index is -0.820. The number of pyridine rings is 1. The molecule has 3 rings (SSSR count). The minimum Gasteiger partial charge on any atom is -0.481 e. The molecule has 1 saturated heterocycles. The highest BCUT2D eigenvalue weighted by molar-refractivity contribution is 5.82. The highest BCUT2D eigenvalue weighted by atomic mass is 16.4. The summed E-state index contributed by atoms with van der Waals surface area (Å²) >= 11 is 0. The predicted molar refractivity (Wildman–Crippen MR) is 118 cm³/mol. The molecule has 7 heteroatoms. The number of carboxylic acid groups (broad SMARTS) is 1. The molecule has 1 aromatic rings. The van der Waals surface area contributed by atoms with Gasteiger partial charge in [0.15, 0.2) is 0 Å². The Balaban J connectivity index is 1.65. The first-order chi connectivity index (χ1) is 14.7. The Morgan fingerprint density at radius 2 is 1.94 bits per heavy atom. The van der Waals surface area contributed by atoms with Crippen LogP contribution < -0.4 is 0 Å². The Hall–Kier alpha value is -2.44. The molecular weight excluding hydrogens is 394 g/mol. The summed E-state index contributed by atoms with van der Waals surface area (Å²) < 4.78 is 0. The molecule has 0 aromatic carbocycles. The van der Waals surface area contributed by atoms with E-state index in [2.05, 4.69) is 18.8 Å². The molecule has 3 unspecified atom stereocenters. The smallest absolute Gasteiger partial charge is 0.303 e. The number of aliphatic carboxylic acids is 1. The van der Waals surface area contributed by atoms with E-state index in [-0.39, 0.29) is 48.2 Å². The molecule has 1 saturated carbocycles. The number of hydrogen-bond acceptors (Lipinski definition) is 4. The zero-order chi connectivity index (χ0) is 22.7. The summed E-state index contributed by atoms with van der Waals surface area (Å²) in [4.78, 5) is 44.4. The molecular formula is C24H35N3O4. The van der Waals surface area contributed by atoms with Crippen LogP contribution in [-0.2, 0) is 20.8 Å². The molecule has 170 valence electrons. The highest BCUT2D eigenvalue weighted by Crippen LogP contribution is 2.35. The second-order valence-electron chi connectivity index (χ2n) is 9.30. The maximum atomic E-state index is 12.8. The van der Waals surface area contributed by atoms with Crippen LogP contribution in [0.2, 0.25) is 0 Å². The molecule has 1 aliphatic heterocycles. The molecule has 1 N–H and O–H groups in total. The zero-order valence-corrected chi connectivity index (χ0v) is 19.1. The Morgan fingerprint density at radius 1 is 1.23 bits per heavy atom. The van der Waals surface area contributed by atoms with Gasteiger partial charge in [-0.25, -0.2) is 0 Å². The van der Waals surface area contributed by atoms with Crippen molar-refractivity contribution < 1.29 is 19.5 Å². The molecule has 1 aliphatic carbocycles. The van der Waals surface area contributed by atoms with Crippen molar-refractivity contribution in [2.24, 2.45) is 5.92 Å². The van der Waals surface area contributed by atoms with Gasteiger partial charge in [-0.3, -0.25) is 19.4 Å². The quantitative estimate of drug-likeness (QED) is 0.685. The molecule has 2 amide bonds. The van der Waals surface area contributed by atoms with Gasteiger partial charge in [-0.15, -0.1) is 0 Å². The molecule has 0 bridgehead atoms. The van der Waals surface area contributed by atoms with Crippen molar-refractivity contribution in [1.82, 2.24) is 14.8 Å². The number of carbonyl (C=O) groups excluding carboxylic acids is 2. The first kappa shape index (κ1) is 23.2. The maximum absolute atomic E-state index is 12.8. The number of aromatic nitrogens is 1. The molecule has 4 atom stereocenters. The summed E-state index contributed by atoms with van der Waals surface area (Å²) in [6, 6.07) is 3.96. The van der Waals surface area contributed by atoms with E-state index in [1.807, 2.05) is 35.1 Å². The molecule has 7 nitrogen and oxygen atoms in total. The fourth-order valence-corrected chi connectivity index (χ4v) is 4.78. The Morgan fingerprint density at radius 3 is 2.48 bits per heavy atom. The SMILES string of the molecule is CC(=O)N1C(CCC(C)c2ccc(CCC(=O)O)nc2)C(C)N(C(=O)C2CC2)C[C@@H]1C. The molecule has 0 spiro atoms. The summed E-state index contributed by atoms with van der Waals surface area (Å²) in [5.74, 6) is -0.0586. The van der Waals surface area contributed by atoms with Crippen LogP contribution in [-0.4, -0.2) is 62.3 Å². The largest absolute Gasteiger partial charge is 0.481 e. The average Bonchev–Trinajstić information content (AvgIpc) is 3.57. The van der Waals surface area contributed by atoms with Crippen molar-refractivity contribution in [1.29, 1.82) is 0 Å². The van der Waals surface area contributed by atoms with E-state index in [1.165, 1.54) is 0 Å². The van der Waals surface area contributed by atoms with Gasteiger partial charge >= 0.3 is 5.97 Å². The number of piperazine rings is 1. The van der Waals surface area contributed by atoms with Crippen LogP contribution in [0.1, 0.15) is 77.0 Å². The summed E-state index contributed by atoms with van der Waals surface area (Å²) in [6.45, 7) is 8.50. The summed E-state index contributed by atoms with van der Waals surface area (Å²) in [7, 11) is 0. The lowest BCUT2D eigenvalue weighted by Crippen LogP contribution is -2.64. The Labute approximate surface area is 184 Å². The van der Waals surface area contributed by atoms with Gasteiger partial charge in [0.1, 0.15) is 0 Å². The second kappa shape index (κ2) is 9.79. The molecule has 0 radical (unpaired) electrons. The predicted octanol–water partition coefficient (Wildman–Crippen LogP) is 3.23. The van der Waals surface area contributed by atoms with Gasteiger partial charge in [0.2, 0.25) is 11.8 Å². The van der Waals surface area contributed by atoms with E-state index in [4.69, 9.17) is 5.11 Å². The van der Waals surface area contributed by atoms with Crippen LogP contribution in [0.3, 0.4) is 0 Å². The number of hydrogen-bond donors (Lipinski definition) is 1. The molecule has 2 heterocycles. The van der Waals surface area contributed by atoms with Crippen molar-refractivity contribution in [2.75, 3.05) is 6.54 Å². The zero-order valence-electron chi connectivity index (χ0n) is 19.1. The Kier molecular flexibility index (Phi) is 7.34. The third-order valence-electron chi connectivity index (χ3n) is 6.82. The normalized spacial score (nSPS) is 24.7. The maximum Gasteiger partial charge on any atom is 0.303 e. The van der Waals surface area contributed by atoms with Crippen LogP contribution in [0.15, 0.2) is 18.3 Å². The van der Waals surface area contributed by atoms with Crippen LogP contribution in [0.4, 0.5) is 0 Å². The summed E-state index contributed by atoms with van der Waals surface area (Å²) in [6.07, 6.45) is 6.03. The fraction of sp³-hybridized carbons (Fsp3) is 0.667. The number of aryl methyl sites for hydroxylation is 1. The third-order valence-corrected chi connectivity index (χ3v) is 6.82. The second-order valence-corrected chi connectivity index (χ2v) is 9.30. The standard InChI is InChI=1S/C24H35N3O4/c1-15(20-8-9-21(25-13-20)10-12-23(29)30)5-11-22-17(3)26(24(31)19-6-7-19)14-16(2)27(22)18(4)28/h8-9,13,15-17,19,22H,5-7,10-12,14H2,1-4H3,(H,29,30)/t15?,16-,17?,22?/m0/s1. The summed E-state index contributed by atoms with van der Waals surface area (Å²) in [5.41, 5.74) is 1.89. The molecule has 2 fully saturated rings. The number of rotatable bonds is 8. The average molecular weight is 430 g/mol. The topological polar surface area (TPSA) is 90.8 Å². The van der Waals surface area contributed by atoms with E-state index >= 15 is 0 Å². The van der Waals surface area contributed by atoms with E-state index < -0.39 is 5.97 Å². The van der Waals surface area contributed by atoms with Crippen LogP contribution >= 0.6 is 0 Å². The van der Waals surface area contributed by atoms with Gasteiger partial charge in [0, 0.05) is 49.8 Å². The Bertz CT molecular complexity index is 806. The van der Waals surface area contributed by atoms with Crippen LogP contribution in [0.25, 0.3) is 0 Å². The number of amides is 2. The highest BCUT2D eigenvalue weighted by Gasteiger charge is 2.44. The third kappa shape index (κ3) is 5.63. The van der Waals surface area contributed by atoms with Crippen molar-refractivity contribution in [3.8, 4) is 0 Å². The van der Waals surface area contributed by atoms with E-state index in [1.54, 1.807) is 6.92 Å². The summed E-state index contributed by atoms with van der Waals surface area (Å²) in [5, 5.41) is 8.82. The first-order valence-electron chi connectivity index (χ1n) is 11.4. The van der Waals surface area contributed by atoms with Crippen LogP contribution in [0.5, 0.6) is 0 Å². The lowest BCUT2D eigenvalue weighted by Gasteiger charge is -2.50. The van der Waals surface area contributed by atoms with Gasteiger partial charge in [-0.1, -0.05) is 13.0 Å². The minimum absolute atomic E-state index is 0.00852. The van der Waals surface area contributed by atoms with Crippen LogP contribution in [0, 0.1) is 5.92 Å². The van der Waals surface area contributed by atoms with Crippen molar-refractivity contribution in [3.63, 3.8) is 0 Å². The molecule has 2 aliphatic rings. The van der Waals surface area contributed by atoms with Crippen molar-refractivity contribution in [3.05, 3.63) is 29.6 Å². The van der Waals surface area contributed by atoms with Gasteiger partial charge in [0.05, 0.1) is 12.5 Å². The molecule has 1 aromatic heterocycles. The monoisotopic (exact) mass is 429 g/mol. The van der Waals surface area contributed by atoms with E-state index in [0.717, 1.165) is 36.9 Å². The van der Waals surface area contributed by atoms with Crippen molar-refractivity contribution >= 4 is 17.8 Å². The lowest BCUT2D eigenvalue weighted by atomic mass is 9.89. The number of carbonyl (C=O) groups is 3. The lowest BCUT2D eigenvalue weighted by molar-refractivity contribution is -0.151. The fourth-order valence-electron chi connectivity index (χ4n) is 4.78. The first-order valence-corrected chi connectivity index (χ1v) is 11.4. The number of nitrogens with zero attached hydrogens (tertiary/aromatic N) is 3. The van der Waals surface area contributed by atoms with Gasteiger partial charge in [-0.05, 0) is 57.1 Å². The molecule has 31 heavy (non-hydrogen) atoms. The van der Waals surface area contributed by atoms with Gasteiger partial charge in [0.25, 0.3) is 0 Å². The number of carboxylic acids is 1. The van der Waals surface area contributed by atoms with E-state index in [9.17, 15) is 14.4 Å².